The van der Waals surface area contributed by atoms with Gasteiger partial charge in [0.2, 0.25) is 10.0 Å². The van der Waals surface area contributed by atoms with E-state index in [1.54, 1.807) is 7.05 Å². The summed E-state index contributed by atoms with van der Waals surface area (Å²) < 4.78 is 33.4. The van der Waals surface area contributed by atoms with Crippen molar-refractivity contribution < 1.29 is 13.2 Å². The Morgan fingerprint density at radius 2 is 2.00 bits per heavy atom. The third-order valence-corrected chi connectivity index (χ3v) is 4.19. The third-order valence-electron chi connectivity index (χ3n) is 2.73. The van der Waals surface area contributed by atoms with Crippen LogP contribution in [0, 0.1) is 0 Å². The van der Waals surface area contributed by atoms with Gasteiger partial charge in [-0.05, 0) is 0 Å². The first kappa shape index (κ1) is 14.7. The van der Waals surface area contributed by atoms with Gasteiger partial charge in [-0.1, -0.05) is 30.3 Å². The minimum Gasteiger partial charge on any atom is -0.383 e. The van der Waals surface area contributed by atoms with Crippen LogP contribution in [0.15, 0.2) is 41.4 Å². The van der Waals surface area contributed by atoms with Crippen molar-refractivity contribution in [2.24, 2.45) is 7.05 Å². The minimum atomic E-state index is -3.60. The van der Waals surface area contributed by atoms with Crippen molar-refractivity contribution in [2.75, 3.05) is 20.3 Å². The zero-order valence-electron chi connectivity index (χ0n) is 11.4. The van der Waals surface area contributed by atoms with Gasteiger partial charge < -0.3 is 4.74 Å². The lowest BCUT2D eigenvalue weighted by atomic mass is 10.2. The van der Waals surface area contributed by atoms with Crippen LogP contribution in [-0.2, 0) is 21.8 Å². The standard InChI is InChI=1S/C13H17N3O3S/c1-16-10-12(20(17,18)14-8-9-19-2)13(15-16)11-6-4-3-5-7-11/h3-7,10,14H,8-9H2,1-2H3. The van der Waals surface area contributed by atoms with Crippen LogP contribution in [0.2, 0.25) is 0 Å². The molecule has 7 heteroatoms. The summed E-state index contributed by atoms with van der Waals surface area (Å²) in [7, 11) is -0.387. The molecule has 0 bridgehead atoms. The maximum absolute atomic E-state index is 12.3. The summed E-state index contributed by atoms with van der Waals surface area (Å²) >= 11 is 0. The predicted molar refractivity (Wildman–Crippen MR) is 75.7 cm³/mol. The summed E-state index contributed by atoms with van der Waals surface area (Å²) in [4.78, 5) is 0.169. The zero-order valence-corrected chi connectivity index (χ0v) is 12.2. The van der Waals surface area contributed by atoms with Crippen molar-refractivity contribution in [1.29, 1.82) is 0 Å². The van der Waals surface area contributed by atoms with Crippen molar-refractivity contribution in [3.8, 4) is 11.3 Å². The molecular formula is C13H17N3O3S. The second-order valence-electron chi connectivity index (χ2n) is 4.27. The Balaban J connectivity index is 2.38. The van der Waals surface area contributed by atoms with E-state index in [9.17, 15) is 8.42 Å². The summed E-state index contributed by atoms with van der Waals surface area (Å²) in [5, 5.41) is 4.24. The number of methoxy groups -OCH3 is 1. The molecule has 0 unspecified atom stereocenters. The second kappa shape index (κ2) is 6.17. The number of ether oxygens (including phenoxy) is 1. The Morgan fingerprint density at radius 3 is 2.65 bits per heavy atom. The quantitative estimate of drug-likeness (QED) is 0.807. The van der Waals surface area contributed by atoms with Gasteiger partial charge in [0, 0.05) is 32.5 Å². The smallest absolute Gasteiger partial charge is 0.244 e. The maximum atomic E-state index is 12.3. The first-order chi connectivity index (χ1) is 9.54. The Labute approximate surface area is 118 Å². The molecule has 0 amide bonds. The van der Waals surface area contributed by atoms with Gasteiger partial charge in [-0.2, -0.15) is 5.10 Å². The summed E-state index contributed by atoms with van der Waals surface area (Å²) in [6.07, 6.45) is 1.50. The highest BCUT2D eigenvalue weighted by molar-refractivity contribution is 7.89. The Hall–Kier alpha value is -1.70. The van der Waals surface area contributed by atoms with E-state index >= 15 is 0 Å². The number of nitrogens with one attached hydrogen (secondary N) is 1. The highest BCUT2D eigenvalue weighted by Crippen LogP contribution is 2.25. The molecule has 1 N–H and O–H groups in total. The number of aryl methyl sites for hydroxylation is 1. The van der Waals surface area contributed by atoms with Crippen LogP contribution in [0.25, 0.3) is 11.3 Å². The molecule has 0 saturated heterocycles. The van der Waals surface area contributed by atoms with Crippen molar-refractivity contribution in [1.82, 2.24) is 14.5 Å². The van der Waals surface area contributed by atoms with Crippen LogP contribution in [-0.4, -0.2) is 38.5 Å². The number of nitrogens with zero attached hydrogens (tertiary/aromatic N) is 2. The van der Waals surface area contributed by atoms with Crippen LogP contribution >= 0.6 is 0 Å². The van der Waals surface area contributed by atoms with E-state index in [-0.39, 0.29) is 11.4 Å². The van der Waals surface area contributed by atoms with Crippen LogP contribution < -0.4 is 4.72 Å². The molecule has 20 heavy (non-hydrogen) atoms. The molecule has 1 aromatic heterocycles. The lowest BCUT2D eigenvalue weighted by Crippen LogP contribution is -2.27. The monoisotopic (exact) mass is 295 g/mol. The van der Waals surface area contributed by atoms with Crippen molar-refractivity contribution >= 4 is 10.0 Å². The van der Waals surface area contributed by atoms with E-state index < -0.39 is 10.0 Å². The second-order valence-corrected chi connectivity index (χ2v) is 6.01. The van der Waals surface area contributed by atoms with E-state index in [4.69, 9.17) is 4.74 Å². The van der Waals surface area contributed by atoms with E-state index in [0.29, 0.717) is 12.3 Å². The molecule has 2 aromatic rings. The summed E-state index contributed by atoms with van der Waals surface area (Å²) in [6, 6.07) is 9.22. The number of hydrogen-bond donors (Lipinski definition) is 1. The van der Waals surface area contributed by atoms with Gasteiger partial charge in [0.1, 0.15) is 10.6 Å². The molecule has 2 rings (SSSR count). The summed E-state index contributed by atoms with van der Waals surface area (Å²) in [6.45, 7) is 0.544. The van der Waals surface area contributed by atoms with E-state index in [1.807, 2.05) is 30.3 Å². The molecule has 108 valence electrons. The molecule has 0 spiro atoms. The SMILES string of the molecule is COCCNS(=O)(=O)c1cn(C)nc1-c1ccccc1. The molecule has 0 aliphatic carbocycles. The molecule has 0 aliphatic heterocycles. The van der Waals surface area contributed by atoms with Gasteiger partial charge in [0.05, 0.1) is 6.61 Å². The topological polar surface area (TPSA) is 73.2 Å². The largest absolute Gasteiger partial charge is 0.383 e. The fourth-order valence-corrected chi connectivity index (χ4v) is 3.03. The first-order valence-electron chi connectivity index (χ1n) is 6.12. The van der Waals surface area contributed by atoms with Gasteiger partial charge in [-0.15, -0.1) is 0 Å². The van der Waals surface area contributed by atoms with Gasteiger partial charge in [0.15, 0.2) is 0 Å². The van der Waals surface area contributed by atoms with Crippen molar-refractivity contribution in [2.45, 2.75) is 4.90 Å². The molecule has 0 fully saturated rings. The lowest BCUT2D eigenvalue weighted by Gasteiger charge is -2.06. The van der Waals surface area contributed by atoms with Gasteiger partial charge in [-0.3, -0.25) is 4.68 Å². The number of rotatable bonds is 6. The van der Waals surface area contributed by atoms with E-state index in [0.717, 1.165) is 5.56 Å². The Bertz CT molecular complexity index is 665. The molecule has 1 aromatic carbocycles. The number of sulfonamides is 1. The Kier molecular flexibility index (Phi) is 4.53. The highest BCUT2D eigenvalue weighted by atomic mass is 32.2. The lowest BCUT2D eigenvalue weighted by molar-refractivity contribution is 0.204. The van der Waals surface area contributed by atoms with Crippen molar-refractivity contribution in [3.63, 3.8) is 0 Å². The first-order valence-corrected chi connectivity index (χ1v) is 7.60. The number of benzene rings is 1. The van der Waals surface area contributed by atoms with Crippen LogP contribution in [0.1, 0.15) is 0 Å². The normalized spacial score (nSPS) is 11.7. The van der Waals surface area contributed by atoms with Gasteiger partial charge >= 0.3 is 0 Å². The molecule has 0 aliphatic rings. The molecule has 0 radical (unpaired) electrons. The average Bonchev–Trinajstić information content (AvgIpc) is 2.83. The predicted octanol–water partition coefficient (Wildman–Crippen LogP) is 1.01. The number of aromatic nitrogens is 2. The van der Waals surface area contributed by atoms with Crippen LogP contribution in [0.5, 0.6) is 0 Å². The van der Waals surface area contributed by atoms with E-state index in [1.165, 1.54) is 18.0 Å². The maximum Gasteiger partial charge on any atom is 0.244 e. The minimum absolute atomic E-state index is 0.169. The molecule has 1 heterocycles. The highest BCUT2D eigenvalue weighted by Gasteiger charge is 2.22. The fourth-order valence-electron chi connectivity index (χ4n) is 1.82. The number of hydrogen-bond acceptors (Lipinski definition) is 4. The van der Waals surface area contributed by atoms with E-state index in [2.05, 4.69) is 9.82 Å². The molecule has 0 saturated carbocycles. The molecule has 6 nitrogen and oxygen atoms in total. The summed E-state index contributed by atoms with van der Waals surface area (Å²) in [5.41, 5.74) is 1.21. The third kappa shape index (κ3) is 3.24. The average molecular weight is 295 g/mol. The van der Waals surface area contributed by atoms with Crippen molar-refractivity contribution in [3.05, 3.63) is 36.5 Å². The fraction of sp³-hybridized carbons (Fsp3) is 0.308. The van der Waals surface area contributed by atoms with Gasteiger partial charge in [-0.25, -0.2) is 13.1 Å². The van der Waals surface area contributed by atoms with Crippen LogP contribution in [0.3, 0.4) is 0 Å². The molecular weight excluding hydrogens is 278 g/mol. The van der Waals surface area contributed by atoms with Crippen LogP contribution in [0.4, 0.5) is 0 Å². The summed E-state index contributed by atoms with van der Waals surface area (Å²) in [5.74, 6) is 0. The van der Waals surface area contributed by atoms with Gasteiger partial charge in [0.25, 0.3) is 0 Å². The molecule has 0 atom stereocenters. The Morgan fingerprint density at radius 1 is 1.30 bits per heavy atom. The zero-order chi connectivity index (χ0) is 14.6.